The molecule has 0 aromatic heterocycles. The largest absolute Gasteiger partial charge is 0.504 e. The number of rotatable bonds is 17. The van der Waals surface area contributed by atoms with Crippen LogP contribution in [0.1, 0.15) is 38.8 Å². The van der Waals surface area contributed by atoms with Gasteiger partial charge in [0.2, 0.25) is 31.9 Å². The first-order valence-corrected chi connectivity index (χ1v) is 24.9. The first kappa shape index (κ1) is 56.8. The number of methoxy groups -OCH3 is 1. The summed E-state index contributed by atoms with van der Waals surface area (Å²) >= 11 is 18.8. The number of carbonyl (C=O) groups is 2. The summed E-state index contributed by atoms with van der Waals surface area (Å²) in [6.45, 7) is 6.78. The smallest absolute Gasteiger partial charge is 0.369 e. The van der Waals surface area contributed by atoms with Crippen molar-refractivity contribution in [2.75, 3.05) is 38.6 Å². The van der Waals surface area contributed by atoms with Gasteiger partial charge in [-0.1, -0.05) is 26.0 Å². The van der Waals surface area contributed by atoms with Gasteiger partial charge in [0.1, 0.15) is 0 Å². The molecule has 5 N–H and O–H groups in total. The Balaban J connectivity index is 0.000000539. The van der Waals surface area contributed by atoms with Crippen LogP contribution in [-0.2, 0) is 42.5 Å². The lowest BCUT2D eigenvalue weighted by Gasteiger charge is -2.13. The maximum Gasteiger partial charge on any atom is 0.369 e. The summed E-state index contributed by atoms with van der Waals surface area (Å²) in [6.07, 6.45) is 1.54. The molecule has 0 aliphatic rings. The Hall–Kier alpha value is -3.22. The molecule has 0 heterocycles. The van der Waals surface area contributed by atoms with Gasteiger partial charge in [-0.15, -0.1) is 70.5 Å². The molecule has 4 rings (SSSR count). The van der Waals surface area contributed by atoms with Crippen LogP contribution in [0.4, 0.5) is 8.78 Å². The zero-order chi connectivity index (χ0) is 47.0. The molecule has 0 aliphatic heterocycles. The van der Waals surface area contributed by atoms with Gasteiger partial charge in [0.05, 0.1) is 22.2 Å². The Morgan fingerprint density at radius 3 is 1.37 bits per heavy atom. The minimum absolute atomic E-state index is 0.0112. The second-order valence-corrected chi connectivity index (χ2v) is 22.8. The highest BCUT2D eigenvalue weighted by molar-refractivity contribution is 9.69. The number of carbonyl (C=O) groups excluding carboxylic acids is 2. The number of halogens is 7. The average Bonchev–Trinajstić information content (AvgIpc) is 3.20. The van der Waals surface area contributed by atoms with Gasteiger partial charge in [-0.05, 0) is 84.6 Å². The molecule has 4 aromatic rings. The summed E-state index contributed by atoms with van der Waals surface area (Å²) in [7, 11) is -6.36. The molecule has 0 bridgehead atoms. The zero-order valence-corrected chi connectivity index (χ0v) is 41.9. The second kappa shape index (κ2) is 29.3. The number of sulfonamides is 2. The number of ether oxygens (including phenoxy) is 3. The van der Waals surface area contributed by atoms with Crippen molar-refractivity contribution in [2.24, 2.45) is 0 Å². The van der Waals surface area contributed by atoms with Crippen LogP contribution in [-0.4, -0.2) is 75.6 Å². The Morgan fingerprint density at radius 2 is 1.02 bits per heavy atom. The molecule has 0 aliphatic carbocycles. The Kier molecular flexibility index (Phi) is 26.8. The summed E-state index contributed by atoms with van der Waals surface area (Å²) in [6, 6.07) is 16.6. The standard InChI is InChI=1S/C19H23FN2O5S.C18H21FN2O5S.CH2Cl2.BBr3/c1-4-14-5-7-18(19(11-14)26-3)27-17-8-6-15(12-16(17)20)28(24,25)22-10-9-21-13(2)23;1-3-13-4-6-18(16(23)10-13)26-17-7-5-14(11-15(17)19)27(24,25)21-9-8-20-12(2)22;2-1-3;2-1(3)4/h5-8,11-12,22H,4,9-10H2,1-3H3,(H,21,23);4-7,10-11,21,23H,3,8-9H2,1-2H3,(H,20,22);1H2;. The molecule has 0 radical (unpaired) electrons. The van der Waals surface area contributed by atoms with Crippen LogP contribution in [0.3, 0.4) is 0 Å². The number of amides is 2. The summed E-state index contributed by atoms with van der Waals surface area (Å²) in [5.41, 5.74) is 1.93. The van der Waals surface area contributed by atoms with E-state index in [1.54, 1.807) is 18.2 Å². The maximum absolute atomic E-state index is 14.4. The van der Waals surface area contributed by atoms with Gasteiger partial charge in [-0.3, -0.25) is 9.59 Å². The third kappa shape index (κ3) is 21.4. The van der Waals surface area contributed by atoms with E-state index in [4.69, 9.17) is 37.4 Å². The van der Waals surface area contributed by atoms with Crippen LogP contribution in [0.2, 0.25) is 0 Å². The number of aryl methyl sites for hydroxylation is 2. The lowest BCUT2D eigenvalue weighted by atomic mass is 10.1. The van der Waals surface area contributed by atoms with Crippen LogP contribution in [0.5, 0.6) is 34.5 Å². The van der Waals surface area contributed by atoms with Crippen molar-refractivity contribution in [3.8, 4) is 34.5 Å². The number of benzene rings is 4. The fraction of sp³-hybridized carbons (Fsp3) is 0.316. The number of alkyl halides is 2. The van der Waals surface area contributed by atoms with Gasteiger partial charge < -0.3 is 30.0 Å². The minimum atomic E-state index is -3.93. The van der Waals surface area contributed by atoms with E-state index in [1.807, 2.05) is 19.9 Å². The molecule has 0 unspecified atom stereocenters. The number of aromatic hydroxyl groups is 1. The Morgan fingerprint density at radius 1 is 0.645 bits per heavy atom. The predicted octanol–water partition coefficient (Wildman–Crippen LogP) is 8.48. The number of nitrogens with one attached hydrogen (secondary N) is 4. The summed E-state index contributed by atoms with van der Waals surface area (Å²) < 4.78 is 98.4. The number of hydrogen-bond acceptors (Lipinski definition) is 10. The number of hydrogen-bond donors (Lipinski definition) is 5. The molecule has 0 atom stereocenters. The van der Waals surface area contributed by atoms with Crippen LogP contribution in [0.15, 0.2) is 82.6 Å². The van der Waals surface area contributed by atoms with Crippen molar-refractivity contribution >= 4 is 106 Å². The molecule has 0 saturated heterocycles. The molecule has 62 heavy (non-hydrogen) atoms. The van der Waals surface area contributed by atoms with Crippen molar-refractivity contribution < 1.29 is 54.5 Å². The topological polar surface area (TPSA) is 198 Å². The van der Waals surface area contributed by atoms with Gasteiger partial charge >= 0.3 is 3.18 Å². The van der Waals surface area contributed by atoms with Crippen LogP contribution < -0.4 is 34.3 Å². The van der Waals surface area contributed by atoms with E-state index in [0.29, 0.717) is 11.5 Å². The molecular weight excluding hydrogens is 1100 g/mol. The average molecular weight is 1140 g/mol. The summed E-state index contributed by atoms with van der Waals surface area (Å²) in [4.78, 5) is 21.0. The maximum atomic E-state index is 14.4. The predicted molar refractivity (Wildman–Crippen MR) is 250 cm³/mol. The highest BCUT2D eigenvalue weighted by atomic mass is 79.9. The summed E-state index contributed by atoms with van der Waals surface area (Å²) in [5.74, 6) is -1.90. The Labute approximate surface area is 396 Å². The van der Waals surface area contributed by atoms with E-state index in [2.05, 4.69) is 67.3 Å². The second-order valence-electron chi connectivity index (χ2n) is 12.0. The van der Waals surface area contributed by atoms with Crippen LogP contribution >= 0.6 is 70.5 Å². The van der Waals surface area contributed by atoms with Gasteiger partial charge in [0, 0.05) is 40.0 Å². The van der Waals surface area contributed by atoms with Crippen molar-refractivity contribution in [3.05, 3.63) is 95.6 Å². The molecule has 14 nitrogen and oxygen atoms in total. The lowest BCUT2D eigenvalue weighted by molar-refractivity contribution is -0.119. The van der Waals surface area contributed by atoms with Crippen LogP contribution in [0.25, 0.3) is 0 Å². The van der Waals surface area contributed by atoms with Gasteiger partial charge in [-0.2, -0.15) is 0 Å². The molecule has 2 amide bonds. The van der Waals surface area contributed by atoms with Gasteiger partial charge in [0.15, 0.2) is 46.1 Å². The van der Waals surface area contributed by atoms with E-state index < -0.39 is 31.7 Å². The van der Waals surface area contributed by atoms with E-state index in [0.717, 1.165) is 36.1 Å². The van der Waals surface area contributed by atoms with Crippen molar-refractivity contribution in [1.82, 2.24) is 20.1 Å². The first-order chi connectivity index (χ1) is 29.1. The van der Waals surface area contributed by atoms with Crippen molar-refractivity contribution in [2.45, 2.75) is 50.3 Å². The fourth-order valence-electron chi connectivity index (χ4n) is 4.60. The minimum Gasteiger partial charge on any atom is -0.504 e. The monoisotopic (exact) mass is 1140 g/mol. The highest BCUT2D eigenvalue weighted by Crippen LogP contribution is 2.35. The highest BCUT2D eigenvalue weighted by Gasteiger charge is 2.19. The number of phenolic OH excluding ortho intramolecular Hbond substituents is 1. The molecule has 0 fully saturated rings. The van der Waals surface area contributed by atoms with Gasteiger partial charge in [0.25, 0.3) is 0 Å². The van der Waals surface area contributed by atoms with E-state index in [9.17, 15) is 40.3 Å². The Bertz CT molecular complexity index is 2290. The molecule has 4 aromatic carbocycles. The van der Waals surface area contributed by atoms with E-state index in [1.165, 1.54) is 57.4 Å². The first-order valence-electron chi connectivity index (χ1n) is 18.1. The van der Waals surface area contributed by atoms with Crippen molar-refractivity contribution in [3.63, 3.8) is 0 Å². The quantitative estimate of drug-likeness (QED) is 0.0388. The molecule has 24 heteroatoms. The number of phenols is 1. The van der Waals surface area contributed by atoms with Gasteiger partial charge in [-0.25, -0.2) is 35.1 Å². The van der Waals surface area contributed by atoms with E-state index in [-0.39, 0.29) is 79.3 Å². The van der Waals surface area contributed by atoms with Crippen molar-refractivity contribution in [1.29, 1.82) is 0 Å². The normalized spacial score (nSPS) is 10.6. The third-order valence-electron chi connectivity index (χ3n) is 7.52. The zero-order valence-electron chi connectivity index (χ0n) is 34.0. The molecule has 0 spiro atoms. The molecular formula is C38H46BBr3Cl2F2N4O10S2. The van der Waals surface area contributed by atoms with E-state index >= 15 is 0 Å². The SMILES string of the molecule is BrB(Br)Br.CCc1ccc(Oc2ccc(S(=O)(=O)NCCNC(C)=O)cc2F)c(O)c1.CCc1ccc(Oc2ccc(S(=O)(=O)NCCNC(C)=O)cc2F)c(OC)c1.ClCCl. The lowest BCUT2D eigenvalue weighted by Crippen LogP contribution is -2.33. The molecule has 0 saturated carbocycles. The fourth-order valence-corrected chi connectivity index (χ4v) is 6.69. The molecule has 342 valence electrons. The summed E-state index contributed by atoms with van der Waals surface area (Å²) in [5, 5.41) is 15.0. The van der Waals surface area contributed by atoms with Crippen LogP contribution in [0, 0.1) is 11.6 Å². The third-order valence-corrected chi connectivity index (χ3v) is 10.4.